The Morgan fingerprint density at radius 1 is 1.07 bits per heavy atom. The number of para-hydroxylation sites is 1. The van der Waals surface area contributed by atoms with Crippen LogP contribution < -0.4 is 14.8 Å². The van der Waals surface area contributed by atoms with Gasteiger partial charge >= 0.3 is 0 Å². The summed E-state index contributed by atoms with van der Waals surface area (Å²) in [6.45, 7) is 1.45. The van der Waals surface area contributed by atoms with Crippen molar-refractivity contribution in [1.82, 2.24) is 10.2 Å². The number of carbonyl (C=O) groups is 3. The zero-order chi connectivity index (χ0) is 21.8. The SMILES string of the molecule is COc1cccc(C2NC(=O)C2(C)N2C(=O)c3cccc([N+](=O)[O-])c3C2=O)c1OC. The van der Waals surface area contributed by atoms with Crippen molar-refractivity contribution in [3.05, 3.63) is 63.2 Å². The molecule has 2 aromatic carbocycles. The second kappa shape index (κ2) is 6.55. The van der Waals surface area contributed by atoms with Crippen LogP contribution in [0.5, 0.6) is 11.5 Å². The average molecular weight is 411 g/mol. The van der Waals surface area contributed by atoms with Crippen molar-refractivity contribution in [2.45, 2.75) is 18.5 Å². The zero-order valence-corrected chi connectivity index (χ0v) is 16.3. The van der Waals surface area contributed by atoms with Crippen LogP contribution >= 0.6 is 0 Å². The Morgan fingerprint density at radius 3 is 2.37 bits per heavy atom. The number of β-lactam (4-membered cyclic amide) rings is 1. The minimum atomic E-state index is -1.61. The minimum Gasteiger partial charge on any atom is -0.493 e. The number of carbonyl (C=O) groups excluding carboxylic acids is 3. The van der Waals surface area contributed by atoms with Gasteiger partial charge in [-0.25, -0.2) is 0 Å². The Kier molecular flexibility index (Phi) is 4.23. The van der Waals surface area contributed by atoms with Crippen molar-refractivity contribution in [3.8, 4) is 11.5 Å². The number of ether oxygens (including phenoxy) is 2. The van der Waals surface area contributed by atoms with E-state index < -0.39 is 39.9 Å². The lowest BCUT2D eigenvalue weighted by atomic mass is 9.77. The maximum atomic E-state index is 13.1. The fourth-order valence-electron chi connectivity index (χ4n) is 4.06. The highest BCUT2D eigenvalue weighted by atomic mass is 16.6. The largest absolute Gasteiger partial charge is 0.493 e. The van der Waals surface area contributed by atoms with Crippen LogP contribution in [0, 0.1) is 10.1 Å². The van der Waals surface area contributed by atoms with E-state index in [4.69, 9.17) is 9.47 Å². The standard InChI is InChI=1S/C20H17N3O7/c1-20(16(21-19(20)26)11-7-5-9-13(29-2)15(11)30-3)22-17(24)10-6-4-8-12(23(27)28)14(10)18(22)25/h4-9,16H,1-3H3,(H,21,26). The van der Waals surface area contributed by atoms with Crippen LogP contribution in [0.15, 0.2) is 36.4 Å². The van der Waals surface area contributed by atoms with Gasteiger partial charge in [0.15, 0.2) is 17.0 Å². The molecule has 0 aromatic heterocycles. The Morgan fingerprint density at radius 2 is 1.77 bits per heavy atom. The summed E-state index contributed by atoms with van der Waals surface area (Å²) in [7, 11) is 2.90. The van der Waals surface area contributed by atoms with E-state index in [1.54, 1.807) is 18.2 Å². The zero-order valence-electron chi connectivity index (χ0n) is 16.3. The lowest BCUT2D eigenvalue weighted by Crippen LogP contribution is -2.73. The molecule has 1 fully saturated rings. The fourth-order valence-corrected chi connectivity index (χ4v) is 4.06. The highest BCUT2D eigenvalue weighted by Gasteiger charge is 2.63. The van der Waals surface area contributed by atoms with Gasteiger partial charge in [0, 0.05) is 11.6 Å². The molecule has 2 aliphatic rings. The molecule has 0 aliphatic carbocycles. The predicted octanol–water partition coefficient (Wildman–Crippen LogP) is 1.84. The van der Waals surface area contributed by atoms with Crippen molar-refractivity contribution in [3.63, 3.8) is 0 Å². The van der Waals surface area contributed by atoms with E-state index >= 15 is 0 Å². The predicted molar refractivity (Wildman–Crippen MR) is 102 cm³/mol. The first-order valence-electron chi connectivity index (χ1n) is 8.95. The summed E-state index contributed by atoms with van der Waals surface area (Å²) in [5.41, 5.74) is -2.01. The molecule has 2 aromatic rings. The molecular weight excluding hydrogens is 394 g/mol. The summed E-state index contributed by atoms with van der Waals surface area (Å²) in [5, 5.41) is 14.1. The van der Waals surface area contributed by atoms with Gasteiger partial charge in [-0.2, -0.15) is 0 Å². The summed E-state index contributed by atoms with van der Waals surface area (Å²) in [6.07, 6.45) is 0. The van der Waals surface area contributed by atoms with Gasteiger partial charge < -0.3 is 14.8 Å². The van der Waals surface area contributed by atoms with Gasteiger partial charge in [-0.3, -0.25) is 29.4 Å². The molecule has 154 valence electrons. The number of nitrogens with one attached hydrogen (secondary N) is 1. The van der Waals surface area contributed by atoms with Crippen LogP contribution in [-0.2, 0) is 4.79 Å². The van der Waals surface area contributed by atoms with E-state index in [-0.39, 0.29) is 11.1 Å². The first-order valence-corrected chi connectivity index (χ1v) is 8.95. The number of hydrogen-bond acceptors (Lipinski definition) is 7. The van der Waals surface area contributed by atoms with Crippen LogP contribution in [-0.4, -0.2) is 47.3 Å². The van der Waals surface area contributed by atoms with Crippen LogP contribution in [0.1, 0.15) is 39.2 Å². The minimum absolute atomic E-state index is 0.105. The Labute approximate surface area is 170 Å². The van der Waals surface area contributed by atoms with Crippen molar-refractivity contribution in [1.29, 1.82) is 0 Å². The van der Waals surface area contributed by atoms with Crippen LogP contribution in [0.3, 0.4) is 0 Å². The molecule has 10 heteroatoms. The van der Waals surface area contributed by atoms with Gasteiger partial charge in [0.05, 0.1) is 30.7 Å². The van der Waals surface area contributed by atoms with Gasteiger partial charge in [-0.05, 0) is 19.1 Å². The molecule has 1 saturated heterocycles. The number of imide groups is 1. The normalized spacial score (nSPS) is 22.3. The Balaban J connectivity index is 1.83. The fraction of sp³-hybridized carbons (Fsp3) is 0.250. The van der Waals surface area contributed by atoms with Gasteiger partial charge in [-0.1, -0.05) is 18.2 Å². The topological polar surface area (TPSA) is 128 Å². The van der Waals surface area contributed by atoms with Gasteiger partial charge in [-0.15, -0.1) is 0 Å². The van der Waals surface area contributed by atoms with Crippen molar-refractivity contribution in [2.75, 3.05) is 14.2 Å². The third-order valence-corrected chi connectivity index (χ3v) is 5.60. The molecule has 0 radical (unpaired) electrons. The molecule has 2 heterocycles. The van der Waals surface area contributed by atoms with E-state index in [0.717, 1.165) is 11.0 Å². The number of benzene rings is 2. The van der Waals surface area contributed by atoms with E-state index in [0.29, 0.717) is 17.1 Å². The molecule has 4 rings (SSSR count). The number of nitrogens with zero attached hydrogens (tertiary/aromatic N) is 2. The van der Waals surface area contributed by atoms with Gasteiger partial charge in [0.1, 0.15) is 5.56 Å². The number of amides is 3. The van der Waals surface area contributed by atoms with Crippen molar-refractivity contribution < 1.29 is 28.8 Å². The van der Waals surface area contributed by atoms with Crippen LogP contribution in [0.4, 0.5) is 5.69 Å². The summed E-state index contributed by atoms with van der Waals surface area (Å²) >= 11 is 0. The van der Waals surface area contributed by atoms with E-state index in [9.17, 15) is 24.5 Å². The molecule has 3 amide bonds. The average Bonchev–Trinajstić information content (AvgIpc) is 3.01. The highest BCUT2D eigenvalue weighted by Crippen LogP contribution is 2.48. The summed E-state index contributed by atoms with van der Waals surface area (Å²) < 4.78 is 10.7. The summed E-state index contributed by atoms with van der Waals surface area (Å²) in [5.74, 6) is -1.45. The maximum Gasteiger partial charge on any atom is 0.282 e. The van der Waals surface area contributed by atoms with E-state index in [2.05, 4.69) is 5.32 Å². The lowest BCUT2D eigenvalue weighted by molar-refractivity contribution is -0.385. The molecular formula is C20H17N3O7. The number of rotatable bonds is 5. The third-order valence-electron chi connectivity index (χ3n) is 5.60. The molecule has 2 unspecified atom stereocenters. The first kappa shape index (κ1) is 19.4. The maximum absolute atomic E-state index is 13.1. The molecule has 2 aliphatic heterocycles. The van der Waals surface area contributed by atoms with Crippen LogP contribution in [0.2, 0.25) is 0 Å². The molecule has 10 nitrogen and oxygen atoms in total. The monoisotopic (exact) mass is 411 g/mol. The molecule has 0 bridgehead atoms. The summed E-state index contributed by atoms with van der Waals surface area (Å²) in [4.78, 5) is 50.3. The number of nitro groups is 1. The summed E-state index contributed by atoms with van der Waals surface area (Å²) in [6, 6.07) is 8.07. The first-order chi connectivity index (χ1) is 14.3. The van der Waals surface area contributed by atoms with Gasteiger partial charge in [0.25, 0.3) is 17.5 Å². The lowest BCUT2D eigenvalue weighted by Gasteiger charge is -2.50. The number of hydrogen-bond donors (Lipinski definition) is 1. The number of methoxy groups -OCH3 is 2. The van der Waals surface area contributed by atoms with Crippen molar-refractivity contribution in [2.24, 2.45) is 0 Å². The smallest absolute Gasteiger partial charge is 0.282 e. The Bertz CT molecular complexity index is 1130. The quantitative estimate of drug-likeness (QED) is 0.344. The number of fused-ring (bicyclic) bond motifs is 1. The Hall–Kier alpha value is -3.95. The second-order valence-corrected chi connectivity index (χ2v) is 7.04. The second-order valence-electron chi connectivity index (χ2n) is 7.04. The van der Waals surface area contributed by atoms with E-state index in [1.807, 2.05) is 0 Å². The third kappa shape index (κ3) is 2.33. The molecule has 30 heavy (non-hydrogen) atoms. The highest BCUT2D eigenvalue weighted by molar-refractivity contribution is 6.25. The molecule has 2 atom stereocenters. The van der Waals surface area contributed by atoms with E-state index in [1.165, 1.54) is 33.3 Å². The van der Waals surface area contributed by atoms with Gasteiger partial charge in [0.2, 0.25) is 5.91 Å². The number of nitro benzene ring substituents is 1. The van der Waals surface area contributed by atoms with Crippen LogP contribution in [0.25, 0.3) is 0 Å². The molecule has 1 N–H and O–H groups in total. The molecule has 0 spiro atoms. The van der Waals surface area contributed by atoms with Crippen molar-refractivity contribution >= 4 is 23.4 Å². The molecule has 0 saturated carbocycles.